The van der Waals surface area contributed by atoms with Crippen molar-refractivity contribution in [3.63, 3.8) is 0 Å². The number of fused-ring (bicyclic) bond motifs is 1. The Balaban J connectivity index is 1.57. The summed E-state index contributed by atoms with van der Waals surface area (Å²) in [4.78, 5) is 25.8. The van der Waals surface area contributed by atoms with Gasteiger partial charge in [0.1, 0.15) is 16.2 Å². The number of hydrogen-bond donors (Lipinski definition) is 1. The van der Waals surface area contributed by atoms with Gasteiger partial charge in [0.25, 0.3) is 0 Å². The quantitative estimate of drug-likeness (QED) is 0.600. The molecule has 0 radical (unpaired) electrons. The Hall–Kier alpha value is -1.22. The average molecular weight is 395 g/mol. The van der Waals surface area contributed by atoms with Gasteiger partial charge >= 0.3 is 0 Å². The topological polar surface area (TPSA) is 67.4 Å². The third-order valence-electron chi connectivity index (χ3n) is 5.00. The number of amides is 1. The van der Waals surface area contributed by atoms with Gasteiger partial charge in [-0.15, -0.1) is 11.3 Å². The summed E-state index contributed by atoms with van der Waals surface area (Å²) in [6, 6.07) is 0.386. The van der Waals surface area contributed by atoms with E-state index in [1.54, 1.807) is 17.7 Å². The highest BCUT2D eigenvalue weighted by Crippen LogP contribution is 2.34. The number of thioether (sulfide) groups is 1. The van der Waals surface area contributed by atoms with Crippen molar-refractivity contribution in [1.82, 2.24) is 20.2 Å². The minimum Gasteiger partial charge on any atom is -0.379 e. The molecule has 6 nitrogen and oxygen atoms in total. The molecule has 2 aromatic rings. The SMILES string of the molecule is Cc1sc2ncnc(SCC(=O)NC(C)C(C)N3CCOCC3)c2c1C. The summed E-state index contributed by atoms with van der Waals surface area (Å²) in [5, 5.41) is 5.11. The Morgan fingerprint density at radius 3 is 2.81 bits per heavy atom. The molecular weight excluding hydrogens is 368 g/mol. The number of rotatable bonds is 6. The Bertz CT molecular complexity index is 774. The highest BCUT2D eigenvalue weighted by molar-refractivity contribution is 8.00. The van der Waals surface area contributed by atoms with E-state index >= 15 is 0 Å². The minimum absolute atomic E-state index is 0.0407. The van der Waals surface area contributed by atoms with Gasteiger partial charge in [-0.3, -0.25) is 9.69 Å². The van der Waals surface area contributed by atoms with E-state index in [2.05, 4.69) is 47.9 Å². The molecule has 3 rings (SSSR count). The summed E-state index contributed by atoms with van der Waals surface area (Å²) < 4.78 is 5.40. The molecule has 142 valence electrons. The lowest BCUT2D eigenvalue weighted by Gasteiger charge is -2.35. The van der Waals surface area contributed by atoms with Crippen LogP contribution in [0.5, 0.6) is 0 Å². The van der Waals surface area contributed by atoms with E-state index in [1.165, 1.54) is 22.2 Å². The molecule has 0 aliphatic carbocycles. The Morgan fingerprint density at radius 2 is 2.08 bits per heavy atom. The molecule has 1 aliphatic heterocycles. The average Bonchev–Trinajstić information content (AvgIpc) is 2.94. The molecule has 26 heavy (non-hydrogen) atoms. The van der Waals surface area contributed by atoms with Crippen molar-refractivity contribution in [2.75, 3.05) is 32.1 Å². The number of morpholine rings is 1. The first-order valence-electron chi connectivity index (χ1n) is 8.92. The zero-order chi connectivity index (χ0) is 18.7. The largest absolute Gasteiger partial charge is 0.379 e. The lowest BCUT2D eigenvalue weighted by molar-refractivity contribution is -0.119. The van der Waals surface area contributed by atoms with Gasteiger partial charge in [0, 0.05) is 35.4 Å². The summed E-state index contributed by atoms with van der Waals surface area (Å²) in [5.74, 6) is 0.402. The number of nitrogens with one attached hydrogen (secondary N) is 1. The first-order chi connectivity index (χ1) is 12.5. The minimum atomic E-state index is 0.0407. The molecule has 2 unspecified atom stereocenters. The lowest BCUT2D eigenvalue weighted by Crippen LogP contribution is -2.52. The number of thiophene rings is 1. The third-order valence-corrected chi connectivity index (χ3v) is 7.11. The molecule has 1 N–H and O–H groups in total. The second kappa shape index (κ2) is 8.65. The van der Waals surface area contributed by atoms with E-state index in [1.807, 2.05) is 0 Å². The molecular formula is C18H26N4O2S2. The van der Waals surface area contributed by atoms with Crippen molar-refractivity contribution in [3.8, 4) is 0 Å². The zero-order valence-electron chi connectivity index (χ0n) is 15.7. The van der Waals surface area contributed by atoms with Gasteiger partial charge in [-0.2, -0.15) is 0 Å². The summed E-state index contributed by atoms with van der Waals surface area (Å²) >= 11 is 3.16. The molecule has 0 aromatic carbocycles. The summed E-state index contributed by atoms with van der Waals surface area (Å²) in [6.45, 7) is 11.8. The number of carbonyl (C=O) groups is 1. The molecule has 1 saturated heterocycles. The number of hydrogen-bond acceptors (Lipinski definition) is 7. The van der Waals surface area contributed by atoms with E-state index in [9.17, 15) is 4.79 Å². The molecule has 0 spiro atoms. The predicted octanol–water partition coefficient (Wildman–Crippen LogP) is 2.63. The molecule has 1 aliphatic rings. The Labute approximate surface area is 162 Å². The molecule has 2 atom stereocenters. The van der Waals surface area contributed by atoms with Gasteiger partial charge in [0.05, 0.1) is 19.0 Å². The molecule has 8 heteroatoms. The maximum Gasteiger partial charge on any atom is 0.230 e. The predicted molar refractivity (Wildman–Crippen MR) is 107 cm³/mol. The number of carbonyl (C=O) groups excluding carboxylic acids is 1. The third kappa shape index (κ3) is 4.36. The fourth-order valence-electron chi connectivity index (χ4n) is 3.11. The number of ether oxygens (including phenoxy) is 1. The second-order valence-corrected chi connectivity index (χ2v) is 8.84. The van der Waals surface area contributed by atoms with Crippen molar-refractivity contribution < 1.29 is 9.53 Å². The van der Waals surface area contributed by atoms with Crippen LogP contribution < -0.4 is 5.32 Å². The van der Waals surface area contributed by atoms with Crippen LogP contribution in [-0.4, -0.2) is 64.9 Å². The molecule has 1 amide bonds. The highest BCUT2D eigenvalue weighted by atomic mass is 32.2. The number of aryl methyl sites for hydroxylation is 2. The maximum absolute atomic E-state index is 12.4. The van der Waals surface area contributed by atoms with Crippen LogP contribution >= 0.6 is 23.1 Å². The van der Waals surface area contributed by atoms with Crippen molar-refractivity contribution >= 4 is 39.2 Å². The fourth-order valence-corrected chi connectivity index (χ4v) is 5.04. The van der Waals surface area contributed by atoms with Gasteiger partial charge in [0.15, 0.2) is 0 Å². The first-order valence-corrected chi connectivity index (χ1v) is 10.7. The normalized spacial score (nSPS) is 18.0. The monoisotopic (exact) mass is 394 g/mol. The zero-order valence-corrected chi connectivity index (χ0v) is 17.4. The first kappa shape index (κ1) is 19.5. The smallest absolute Gasteiger partial charge is 0.230 e. The van der Waals surface area contributed by atoms with E-state index in [4.69, 9.17) is 4.74 Å². The van der Waals surface area contributed by atoms with Crippen LogP contribution in [0, 0.1) is 13.8 Å². The Kier molecular flexibility index (Phi) is 6.50. The number of nitrogens with zero attached hydrogens (tertiary/aromatic N) is 3. The van der Waals surface area contributed by atoms with Gasteiger partial charge in [-0.25, -0.2) is 9.97 Å². The van der Waals surface area contributed by atoms with Crippen LogP contribution in [-0.2, 0) is 9.53 Å². The lowest BCUT2D eigenvalue weighted by atomic mass is 10.1. The van der Waals surface area contributed by atoms with Gasteiger partial charge < -0.3 is 10.1 Å². The van der Waals surface area contributed by atoms with E-state index in [0.717, 1.165) is 41.5 Å². The highest BCUT2D eigenvalue weighted by Gasteiger charge is 2.23. The van der Waals surface area contributed by atoms with Crippen LogP contribution in [0.3, 0.4) is 0 Å². The van der Waals surface area contributed by atoms with Crippen LogP contribution in [0.1, 0.15) is 24.3 Å². The summed E-state index contributed by atoms with van der Waals surface area (Å²) in [5.41, 5.74) is 1.21. The maximum atomic E-state index is 12.4. The van der Waals surface area contributed by atoms with E-state index < -0.39 is 0 Å². The molecule has 0 bridgehead atoms. The van der Waals surface area contributed by atoms with Crippen molar-refractivity contribution in [2.24, 2.45) is 0 Å². The summed E-state index contributed by atoms with van der Waals surface area (Å²) in [7, 11) is 0. The van der Waals surface area contributed by atoms with Crippen LogP contribution in [0.4, 0.5) is 0 Å². The van der Waals surface area contributed by atoms with Crippen molar-refractivity contribution in [1.29, 1.82) is 0 Å². The van der Waals surface area contributed by atoms with Crippen molar-refractivity contribution in [2.45, 2.75) is 44.8 Å². The van der Waals surface area contributed by atoms with Gasteiger partial charge in [-0.05, 0) is 33.3 Å². The van der Waals surface area contributed by atoms with E-state index in [0.29, 0.717) is 11.8 Å². The number of aromatic nitrogens is 2. The van der Waals surface area contributed by atoms with Gasteiger partial charge in [0.2, 0.25) is 5.91 Å². The molecule has 1 fully saturated rings. The van der Waals surface area contributed by atoms with E-state index in [-0.39, 0.29) is 11.9 Å². The standard InChI is InChI=1S/C18H26N4O2S2/c1-11-14(4)26-18-16(11)17(19-10-20-18)25-9-15(23)21-12(2)13(3)22-5-7-24-8-6-22/h10,12-13H,5-9H2,1-4H3,(H,21,23). The summed E-state index contributed by atoms with van der Waals surface area (Å²) in [6.07, 6.45) is 1.58. The van der Waals surface area contributed by atoms with Crippen LogP contribution in [0.2, 0.25) is 0 Å². The Morgan fingerprint density at radius 1 is 1.35 bits per heavy atom. The fraction of sp³-hybridized carbons (Fsp3) is 0.611. The molecule has 2 aromatic heterocycles. The second-order valence-electron chi connectivity index (χ2n) is 6.68. The molecule has 0 saturated carbocycles. The molecule has 3 heterocycles. The van der Waals surface area contributed by atoms with Gasteiger partial charge in [-0.1, -0.05) is 11.8 Å². The van der Waals surface area contributed by atoms with Crippen molar-refractivity contribution in [3.05, 3.63) is 16.8 Å². The van der Waals surface area contributed by atoms with Crippen LogP contribution in [0.25, 0.3) is 10.2 Å². The van der Waals surface area contributed by atoms with Crippen LogP contribution in [0.15, 0.2) is 11.4 Å².